The minimum absolute atomic E-state index is 0.189. The number of hydrogen-bond donors (Lipinski definition) is 1. The first-order chi connectivity index (χ1) is 6.98. The monoisotopic (exact) mass is 269 g/mol. The Labute approximate surface area is 98.9 Å². The van der Waals surface area contributed by atoms with Gasteiger partial charge in [0.2, 0.25) is 0 Å². The molecule has 0 amide bonds. The SMILES string of the molecule is COc1ccc(Br)cc1[C@@H]1[C@@H](N)C1(C)C. The molecular formula is C12H16BrNO. The van der Waals surface area contributed by atoms with Gasteiger partial charge in [0, 0.05) is 22.0 Å². The van der Waals surface area contributed by atoms with Crippen molar-refractivity contribution in [1.82, 2.24) is 0 Å². The maximum atomic E-state index is 6.08. The van der Waals surface area contributed by atoms with Crippen LogP contribution in [-0.2, 0) is 0 Å². The minimum Gasteiger partial charge on any atom is -0.496 e. The molecule has 1 aromatic rings. The van der Waals surface area contributed by atoms with E-state index in [2.05, 4.69) is 35.8 Å². The van der Waals surface area contributed by atoms with Crippen molar-refractivity contribution in [2.24, 2.45) is 11.1 Å². The van der Waals surface area contributed by atoms with E-state index in [-0.39, 0.29) is 11.5 Å². The van der Waals surface area contributed by atoms with Gasteiger partial charge in [0.15, 0.2) is 0 Å². The molecule has 1 saturated carbocycles. The van der Waals surface area contributed by atoms with Crippen LogP contribution < -0.4 is 10.5 Å². The van der Waals surface area contributed by atoms with E-state index >= 15 is 0 Å². The summed E-state index contributed by atoms with van der Waals surface area (Å²) in [6, 6.07) is 6.32. The molecule has 0 spiro atoms. The zero-order chi connectivity index (χ0) is 11.2. The van der Waals surface area contributed by atoms with Gasteiger partial charge in [-0.2, -0.15) is 0 Å². The van der Waals surface area contributed by atoms with Gasteiger partial charge in [-0.3, -0.25) is 0 Å². The van der Waals surface area contributed by atoms with Gasteiger partial charge in [-0.1, -0.05) is 29.8 Å². The summed E-state index contributed by atoms with van der Waals surface area (Å²) >= 11 is 3.48. The molecular weight excluding hydrogens is 254 g/mol. The zero-order valence-corrected chi connectivity index (χ0v) is 10.8. The van der Waals surface area contributed by atoms with Crippen LogP contribution in [0, 0.1) is 5.41 Å². The van der Waals surface area contributed by atoms with E-state index in [4.69, 9.17) is 10.5 Å². The number of hydrogen-bond acceptors (Lipinski definition) is 2. The Hall–Kier alpha value is -0.540. The molecule has 0 bridgehead atoms. The molecule has 1 aromatic carbocycles. The quantitative estimate of drug-likeness (QED) is 0.896. The lowest BCUT2D eigenvalue weighted by Crippen LogP contribution is -2.06. The van der Waals surface area contributed by atoms with Crippen molar-refractivity contribution in [3.8, 4) is 5.75 Å². The van der Waals surface area contributed by atoms with Gasteiger partial charge in [-0.05, 0) is 23.6 Å². The van der Waals surface area contributed by atoms with Crippen molar-refractivity contribution >= 4 is 15.9 Å². The van der Waals surface area contributed by atoms with Crippen molar-refractivity contribution < 1.29 is 4.74 Å². The lowest BCUT2D eigenvalue weighted by Gasteiger charge is -2.09. The number of benzene rings is 1. The average Bonchev–Trinajstić information content (AvgIpc) is 2.66. The summed E-state index contributed by atoms with van der Waals surface area (Å²) in [5.74, 6) is 1.34. The van der Waals surface area contributed by atoms with Crippen LogP contribution in [0.1, 0.15) is 25.3 Å². The third kappa shape index (κ3) is 1.68. The molecule has 1 aliphatic carbocycles. The average molecular weight is 270 g/mol. The Balaban J connectivity index is 2.40. The summed E-state index contributed by atoms with van der Waals surface area (Å²) in [6.07, 6.45) is 0. The van der Waals surface area contributed by atoms with Gasteiger partial charge < -0.3 is 10.5 Å². The molecule has 82 valence electrons. The molecule has 0 aliphatic heterocycles. The van der Waals surface area contributed by atoms with Crippen LogP contribution in [-0.4, -0.2) is 13.2 Å². The minimum atomic E-state index is 0.189. The highest BCUT2D eigenvalue weighted by Crippen LogP contribution is 2.59. The number of nitrogens with two attached hydrogens (primary N) is 1. The van der Waals surface area contributed by atoms with Crippen molar-refractivity contribution in [2.75, 3.05) is 7.11 Å². The predicted octanol–water partition coefficient (Wildman–Crippen LogP) is 2.91. The van der Waals surface area contributed by atoms with Crippen molar-refractivity contribution in [3.63, 3.8) is 0 Å². The Morgan fingerprint density at radius 1 is 1.40 bits per heavy atom. The smallest absolute Gasteiger partial charge is 0.122 e. The van der Waals surface area contributed by atoms with Crippen molar-refractivity contribution in [3.05, 3.63) is 28.2 Å². The molecule has 15 heavy (non-hydrogen) atoms. The highest BCUT2D eigenvalue weighted by atomic mass is 79.9. The van der Waals surface area contributed by atoms with Crippen LogP contribution in [0.15, 0.2) is 22.7 Å². The summed E-state index contributed by atoms with van der Waals surface area (Å²) in [7, 11) is 1.70. The van der Waals surface area contributed by atoms with Crippen molar-refractivity contribution in [2.45, 2.75) is 25.8 Å². The number of ether oxygens (including phenoxy) is 1. The number of methoxy groups -OCH3 is 1. The lowest BCUT2D eigenvalue weighted by atomic mass is 10.0. The van der Waals surface area contributed by atoms with E-state index in [9.17, 15) is 0 Å². The largest absolute Gasteiger partial charge is 0.496 e. The molecule has 1 aliphatic rings. The second-order valence-electron chi connectivity index (χ2n) is 4.71. The van der Waals surface area contributed by atoms with Crippen LogP contribution >= 0.6 is 15.9 Å². The van der Waals surface area contributed by atoms with Gasteiger partial charge in [-0.15, -0.1) is 0 Å². The third-order valence-corrected chi connectivity index (χ3v) is 3.93. The van der Waals surface area contributed by atoms with Gasteiger partial charge in [0.05, 0.1) is 7.11 Å². The molecule has 0 radical (unpaired) electrons. The molecule has 0 unspecified atom stereocenters. The lowest BCUT2D eigenvalue weighted by molar-refractivity contribution is 0.407. The number of rotatable bonds is 2. The zero-order valence-electron chi connectivity index (χ0n) is 9.25. The highest BCUT2D eigenvalue weighted by molar-refractivity contribution is 9.10. The van der Waals surface area contributed by atoms with E-state index in [1.165, 1.54) is 5.56 Å². The fraction of sp³-hybridized carbons (Fsp3) is 0.500. The van der Waals surface area contributed by atoms with Crippen LogP contribution in [0.3, 0.4) is 0 Å². The Morgan fingerprint density at radius 2 is 2.00 bits per heavy atom. The van der Waals surface area contributed by atoms with E-state index in [1.54, 1.807) is 7.11 Å². The molecule has 3 heteroatoms. The van der Waals surface area contributed by atoms with Crippen LogP contribution in [0.2, 0.25) is 0 Å². The first kappa shape index (κ1) is 11.0. The molecule has 2 N–H and O–H groups in total. The molecule has 0 aromatic heterocycles. The second kappa shape index (κ2) is 3.49. The fourth-order valence-corrected chi connectivity index (χ4v) is 2.60. The van der Waals surface area contributed by atoms with Gasteiger partial charge in [0.25, 0.3) is 0 Å². The maximum absolute atomic E-state index is 6.08. The Kier molecular flexibility index (Phi) is 2.55. The van der Waals surface area contributed by atoms with Gasteiger partial charge in [-0.25, -0.2) is 0 Å². The standard InChI is InChI=1S/C12H16BrNO/c1-12(2)10(11(12)14)8-6-7(13)4-5-9(8)15-3/h4-6,10-11H,14H2,1-3H3/t10-,11-/m1/s1. The highest BCUT2D eigenvalue weighted by Gasteiger charge is 2.57. The first-order valence-corrected chi connectivity index (χ1v) is 5.87. The molecule has 1 fully saturated rings. The molecule has 2 atom stereocenters. The summed E-state index contributed by atoms with van der Waals surface area (Å²) in [5, 5.41) is 0. The van der Waals surface area contributed by atoms with Gasteiger partial charge in [0.1, 0.15) is 5.75 Å². The molecule has 2 nitrogen and oxygen atoms in total. The fourth-order valence-electron chi connectivity index (χ4n) is 2.22. The van der Waals surface area contributed by atoms with E-state index < -0.39 is 0 Å². The summed E-state index contributed by atoms with van der Waals surface area (Å²) < 4.78 is 6.44. The van der Waals surface area contributed by atoms with E-state index in [1.807, 2.05) is 12.1 Å². The maximum Gasteiger partial charge on any atom is 0.122 e. The first-order valence-electron chi connectivity index (χ1n) is 5.07. The summed E-state index contributed by atoms with van der Waals surface area (Å²) in [6.45, 7) is 4.39. The van der Waals surface area contributed by atoms with Crippen LogP contribution in [0.25, 0.3) is 0 Å². The molecule has 0 heterocycles. The number of halogens is 1. The van der Waals surface area contributed by atoms with Crippen molar-refractivity contribution in [1.29, 1.82) is 0 Å². The van der Waals surface area contributed by atoms with Crippen LogP contribution in [0.4, 0.5) is 0 Å². The summed E-state index contributed by atoms with van der Waals surface area (Å²) in [5.41, 5.74) is 7.48. The van der Waals surface area contributed by atoms with E-state index in [0.29, 0.717) is 5.92 Å². The molecule has 2 rings (SSSR count). The predicted molar refractivity (Wildman–Crippen MR) is 65.2 cm³/mol. The second-order valence-corrected chi connectivity index (χ2v) is 5.63. The Morgan fingerprint density at radius 3 is 2.47 bits per heavy atom. The van der Waals surface area contributed by atoms with Crippen LogP contribution in [0.5, 0.6) is 5.75 Å². The molecule has 0 saturated heterocycles. The topological polar surface area (TPSA) is 35.2 Å². The third-order valence-electron chi connectivity index (χ3n) is 3.44. The normalized spacial score (nSPS) is 27.5. The van der Waals surface area contributed by atoms with Gasteiger partial charge >= 0.3 is 0 Å². The summed E-state index contributed by atoms with van der Waals surface area (Å²) in [4.78, 5) is 0. The van der Waals surface area contributed by atoms with E-state index in [0.717, 1.165) is 10.2 Å². The Bertz CT molecular complexity index is 389.